The molecule has 0 aromatic rings. The average Bonchev–Trinajstić information content (AvgIpc) is 0.899. The Balaban J connectivity index is 5.24. The molecule has 19 heteroatoms. The Hall–Kier alpha value is -1.94. The fourth-order valence-electron chi connectivity index (χ4n) is 14.1. The van der Waals surface area contributed by atoms with Gasteiger partial charge in [0, 0.05) is 25.7 Å². The van der Waals surface area contributed by atoms with E-state index in [9.17, 15) is 43.2 Å². The highest BCUT2D eigenvalue weighted by Gasteiger charge is 2.31. The molecule has 0 bridgehead atoms. The minimum atomic E-state index is -4.97. The van der Waals surface area contributed by atoms with E-state index in [4.69, 9.17) is 37.0 Å². The van der Waals surface area contributed by atoms with E-state index in [-0.39, 0.29) is 25.7 Å². The molecule has 17 nitrogen and oxygen atoms in total. The van der Waals surface area contributed by atoms with Crippen LogP contribution in [-0.4, -0.2) is 96.7 Å². The van der Waals surface area contributed by atoms with Gasteiger partial charge in [-0.15, -0.1) is 0 Å². The number of aliphatic hydroxyl groups is 1. The maximum absolute atomic E-state index is 13.2. The molecule has 0 fully saturated rings. The monoisotopic (exact) mass is 1590 g/mol. The summed E-state index contributed by atoms with van der Waals surface area (Å²) in [5.74, 6) is -1.22. The Morgan fingerprint density at radius 1 is 0.257 bits per heavy atom. The molecule has 0 aromatic heterocycles. The third-order valence-electron chi connectivity index (χ3n) is 21.6. The molecule has 0 saturated heterocycles. The second kappa shape index (κ2) is 82.6. The van der Waals surface area contributed by atoms with E-state index >= 15 is 0 Å². The van der Waals surface area contributed by atoms with Crippen LogP contribution in [0, 0.1) is 5.92 Å². The van der Waals surface area contributed by atoms with Crippen molar-refractivity contribution in [2.75, 3.05) is 39.6 Å². The van der Waals surface area contributed by atoms with Gasteiger partial charge in [-0.05, 0) is 31.6 Å². The maximum atomic E-state index is 13.2. The van der Waals surface area contributed by atoms with E-state index in [0.717, 1.165) is 95.8 Å². The standard InChI is InChI=1S/C90H176O17P2/c1-6-10-13-16-19-22-25-28-30-32-33-37-41-44-49-54-59-64-69-74-88(93)101-80-86(107-90(95)76-71-66-61-56-51-46-42-38-35-34-36-39-43-47-52-57-62-67-72-83(5)9-4)82-105-109(98,99)103-78-84(91)77-102-108(96,97)104-81-85(79-100-87(92)73-68-63-58-53-48-27-24-21-18-15-12-8-3)106-89(94)75-70-65-60-55-50-45-40-31-29-26-23-20-17-14-11-7-2/h83-86,91H,6-82H2,1-5H3,(H,96,97)(H,98,99)/t83?,84-,85+,86+/m0/s1. The molecule has 0 radical (unpaired) electrons. The zero-order chi connectivity index (χ0) is 79.7. The van der Waals surface area contributed by atoms with Crippen LogP contribution < -0.4 is 0 Å². The molecule has 0 aliphatic rings. The lowest BCUT2D eigenvalue weighted by Crippen LogP contribution is -2.30. The Bertz CT molecular complexity index is 2070. The van der Waals surface area contributed by atoms with Crippen molar-refractivity contribution in [3.05, 3.63) is 0 Å². The number of phosphoric ester groups is 2. The van der Waals surface area contributed by atoms with Crippen molar-refractivity contribution >= 4 is 39.5 Å². The summed E-state index contributed by atoms with van der Waals surface area (Å²) in [5, 5.41) is 10.7. The Morgan fingerprint density at radius 3 is 0.651 bits per heavy atom. The van der Waals surface area contributed by atoms with Crippen LogP contribution in [0.5, 0.6) is 0 Å². The van der Waals surface area contributed by atoms with Gasteiger partial charge in [0.1, 0.15) is 19.3 Å². The van der Waals surface area contributed by atoms with Crippen molar-refractivity contribution in [2.24, 2.45) is 5.92 Å². The van der Waals surface area contributed by atoms with Crippen molar-refractivity contribution in [1.29, 1.82) is 0 Å². The molecule has 3 unspecified atom stereocenters. The highest BCUT2D eigenvalue weighted by Crippen LogP contribution is 2.45. The first kappa shape index (κ1) is 107. The molecule has 0 aliphatic carbocycles. The predicted octanol–water partition coefficient (Wildman–Crippen LogP) is 27.9. The highest BCUT2D eigenvalue weighted by atomic mass is 31.2. The molecule has 0 rings (SSSR count). The lowest BCUT2D eigenvalue weighted by atomic mass is 9.99. The minimum Gasteiger partial charge on any atom is -0.462 e. The topological polar surface area (TPSA) is 237 Å². The van der Waals surface area contributed by atoms with Gasteiger partial charge in [-0.2, -0.15) is 0 Å². The highest BCUT2D eigenvalue weighted by molar-refractivity contribution is 7.47. The van der Waals surface area contributed by atoms with Gasteiger partial charge in [-0.1, -0.05) is 439 Å². The van der Waals surface area contributed by atoms with Crippen molar-refractivity contribution in [1.82, 2.24) is 0 Å². The van der Waals surface area contributed by atoms with Crippen LogP contribution in [0.2, 0.25) is 0 Å². The van der Waals surface area contributed by atoms with Gasteiger partial charge in [0.05, 0.1) is 26.4 Å². The first-order chi connectivity index (χ1) is 53.1. The number of hydrogen-bond acceptors (Lipinski definition) is 15. The van der Waals surface area contributed by atoms with Crippen LogP contribution in [0.15, 0.2) is 0 Å². The summed E-state index contributed by atoms with van der Waals surface area (Å²) in [6.45, 7) is 7.46. The molecule has 0 aliphatic heterocycles. The van der Waals surface area contributed by atoms with Gasteiger partial charge in [-0.25, -0.2) is 9.13 Å². The van der Waals surface area contributed by atoms with E-state index in [1.165, 1.54) is 315 Å². The third-order valence-corrected chi connectivity index (χ3v) is 23.5. The third kappa shape index (κ3) is 82.4. The molecule has 0 heterocycles. The number of rotatable bonds is 90. The summed E-state index contributed by atoms with van der Waals surface area (Å²) in [6.07, 6.45) is 77.7. The van der Waals surface area contributed by atoms with Gasteiger partial charge < -0.3 is 33.8 Å². The van der Waals surface area contributed by atoms with Gasteiger partial charge in [0.2, 0.25) is 0 Å². The smallest absolute Gasteiger partial charge is 0.462 e. The average molecular weight is 1590 g/mol. The Morgan fingerprint density at radius 2 is 0.440 bits per heavy atom. The zero-order valence-electron chi connectivity index (χ0n) is 71.7. The predicted molar refractivity (Wildman–Crippen MR) is 451 cm³/mol. The van der Waals surface area contributed by atoms with Crippen LogP contribution >= 0.6 is 15.6 Å². The Labute approximate surface area is 670 Å². The number of carbonyl (C=O) groups is 4. The number of esters is 4. The molecular formula is C90H176O17P2. The molecule has 109 heavy (non-hydrogen) atoms. The van der Waals surface area contributed by atoms with Crippen LogP contribution in [0.3, 0.4) is 0 Å². The summed E-state index contributed by atoms with van der Waals surface area (Å²) < 4.78 is 69.0. The summed E-state index contributed by atoms with van der Waals surface area (Å²) in [7, 11) is -9.93. The summed E-state index contributed by atoms with van der Waals surface area (Å²) in [5.41, 5.74) is 0. The van der Waals surface area contributed by atoms with Gasteiger partial charge in [-0.3, -0.25) is 37.3 Å². The summed E-state index contributed by atoms with van der Waals surface area (Å²) >= 11 is 0. The van der Waals surface area contributed by atoms with Gasteiger partial charge in [0.15, 0.2) is 12.2 Å². The normalized spacial score (nSPS) is 13.9. The second-order valence-corrected chi connectivity index (χ2v) is 35.5. The van der Waals surface area contributed by atoms with E-state index < -0.39 is 97.5 Å². The Kier molecular flexibility index (Phi) is 81.1. The lowest BCUT2D eigenvalue weighted by molar-refractivity contribution is -0.161. The van der Waals surface area contributed by atoms with Crippen molar-refractivity contribution in [3.63, 3.8) is 0 Å². The zero-order valence-corrected chi connectivity index (χ0v) is 73.5. The molecule has 0 amide bonds. The van der Waals surface area contributed by atoms with E-state index in [0.29, 0.717) is 25.7 Å². The second-order valence-electron chi connectivity index (χ2n) is 32.6. The molecule has 648 valence electrons. The molecule has 3 N–H and O–H groups in total. The van der Waals surface area contributed by atoms with E-state index in [2.05, 4.69) is 34.6 Å². The number of unbranched alkanes of at least 4 members (excludes halogenated alkanes) is 61. The number of ether oxygens (including phenoxy) is 4. The first-order valence-corrected chi connectivity index (χ1v) is 49.7. The van der Waals surface area contributed by atoms with Crippen LogP contribution in [0.25, 0.3) is 0 Å². The molecule has 0 aromatic carbocycles. The van der Waals surface area contributed by atoms with Crippen LogP contribution in [0.4, 0.5) is 0 Å². The van der Waals surface area contributed by atoms with E-state index in [1.807, 2.05) is 0 Å². The van der Waals surface area contributed by atoms with E-state index in [1.54, 1.807) is 0 Å². The van der Waals surface area contributed by atoms with Crippen LogP contribution in [-0.2, 0) is 65.4 Å². The molecule has 0 spiro atoms. The van der Waals surface area contributed by atoms with Crippen LogP contribution in [0.1, 0.15) is 490 Å². The van der Waals surface area contributed by atoms with Crippen molar-refractivity contribution in [2.45, 2.75) is 509 Å². The number of aliphatic hydroxyl groups excluding tert-OH is 1. The minimum absolute atomic E-state index is 0.109. The SMILES string of the molecule is CCCCCCCCCCCCCCCCCCCCCC(=O)OC[C@H](COP(=O)(O)OC[C@@H](O)COP(=O)(O)OC[C@@H](COC(=O)CCCCCCCCCCCCCC)OC(=O)CCCCCCCCCCCCCCCCCC)OC(=O)CCCCCCCCCCCCCCCCCCCCC(C)CC. The number of hydrogen-bond donors (Lipinski definition) is 3. The molecule has 6 atom stereocenters. The van der Waals surface area contributed by atoms with Gasteiger partial charge in [0.25, 0.3) is 0 Å². The summed E-state index contributed by atoms with van der Waals surface area (Å²) in [4.78, 5) is 73.4. The fourth-order valence-corrected chi connectivity index (χ4v) is 15.7. The molecule has 0 saturated carbocycles. The lowest BCUT2D eigenvalue weighted by Gasteiger charge is -2.21. The first-order valence-electron chi connectivity index (χ1n) is 46.7. The maximum Gasteiger partial charge on any atom is 0.472 e. The fraction of sp³-hybridized carbons (Fsp3) is 0.956. The van der Waals surface area contributed by atoms with Crippen molar-refractivity contribution in [3.8, 4) is 0 Å². The number of carbonyl (C=O) groups excluding carboxylic acids is 4. The largest absolute Gasteiger partial charge is 0.472 e. The molecular weight excluding hydrogens is 1410 g/mol. The summed E-state index contributed by atoms with van der Waals surface area (Å²) in [6, 6.07) is 0. The quantitative estimate of drug-likeness (QED) is 0.0222. The number of phosphoric acid groups is 2. The van der Waals surface area contributed by atoms with Gasteiger partial charge >= 0.3 is 39.5 Å². The van der Waals surface area contributed by atoms with Crippen molar-refractivity contribution < 1.29 is 80.2 Å².